The van der Waals surface area contributed by atoms with E-state index in [0.717, 1.165) is 0 Å². The van der Waals surface area contributed by atoms with Crippen molar-refractivity contribution in [3.63, 3.8) is 0 Å². The Morgan fingerprint density at radius 1 is 0.950 bits per heavy atom. The van der Waals surface area contributed by atoms with Gasteiger partial charge in [-0.3, -0.25) is 4.79 Å². The van der Waals surface area contributed by atoms with Crippen molar-refractivity contribution in [1.29, 1.82) is 0 Å². The molecule has 0 bridgehead atoms. The van der Waals surface area contributed by atoms with Crippen molar-refractivity contribution in [1.82, 2.24) is 0 Å². The van der Waals surface area contributed by atoms with Gasteiger partial charge in [0.25, 0.3) is 11.5 Å². The van der Waals surface area contributed by atoms with Gasteiger partial charge >= 0.3 is 0 Å². The lowest BCUT2D eigenvalue weighted by atomic mass is 10.0. The van der Waals surface area contributed by atoms with Crippen LogP contribution in [0, 0.1) is 5.21 Å². The number of halogens is 3. The van der Waals surface area contributed by atoms with E-state index in [4.69, 9.17) is 34.8 Å². The fourth-order valence-corrected chi connectivity index (χ4v) is 2.57. The first-order chi connectivity index (χ1) is 9.49. The lowest BCUT2D eigenvalue weighted by molar-refractivity contribution is -0.355. The molecule has 0 fully saturated rings. The minimum absolute atomic E-state index is 0.0147. The van der Waals surface area contributed by atoms with Crippen molar-refractivity contribution >= 4 is 52.0 Å². The summed E-state index contributed by atoms with van der Waals surface area (Å²) in [4.78, 5) is 12.3. The van der Waals surface area contributed by atoms with E-state index in [1.807, 2.05) is 0 Å². The van der Waals surface area contributed by atoms with Gasteiger partial charge in [-0.1, -0.05) is 34.8 Å². The maximum atomic E-state index is 12.3. The quantitative estimate of drug-likeness (QED) is 0.573. The minimum atomic E-state index is -0.379. The van der Waals surface area contributed by atoms with Gasteiger partial charge in [-0.2, -0.15) is 4.74 Å². The molecule has 1 aliphatic heterocycles. The molecule has 0 amide bonds. The Bertz CT molecular complexity index is 784. The average Bonchev–Trinajstić information content (AvgIpc) is 2.65. The molecule has 0 spiro atoms. The van der Waals surface area contributed by atoms with Crippen LogP contribution >= 0.6 is 34.8 Å². The second-order valence-corrected chi connectivity index (χ2v) is 5.51. The summed E-state index contributed by atoms with van der Waals surface area (Å²) in [6, 6.07) is 9.19. The van der Waals surface area contributed by atoms with Gasteiger partial charge in [0, 0.05) is 11.1 Å². The monoisotopic (exact) mass is 325 g/mol. The van der Waals surface area contributed by atoms with Crippen LogP contribution in [0.1, 0.15) is 15.9 Å². The van der Waals surface area contributed by atoms with Gasteiger partial charge in [-0.15, -0.1) is 0 Å². The number of carbonyl (C=O) groups excluding carboxylic acids is 1. The Balaban J connectivity index is 2.18. The number of rotatable bonds is 1. The topological polar surface area (TPSA) is 43.1 Å². The summed E-state index contributed by atoms with van der Waals surface area (Å²) < 4.78 is 0.591. The summed E-state index contributed by atoms with van der Waals surface area (Å²) in [5.74, 6) is -0.379. The largest absolute Gasteiger partial charge is 0.618 e. The summed E-state index contributed by atoms with van der Waals surface area (Å²) in [5, 5.41) is 13.3. The molecule has 0 radical (unpaired) electrons. The lowest BCUT2D eigenvalue weighted by Gasteiger charge is -2.03. The molecule has 0 N–H and O–H groups in total. The van der Waals surface area contributed by atoms with Crippen LogP contribution in [0.4, 0.5) is 5.69 Å². The molecule has 2 aromatic carbocycles. The van der Waals surface area contributed by atoms with Crippen LogP contribution in [0.3, 0.4) is 0 Å². The summed E-state index contributed by atoms with van der Waals surface area (Å²) in [7, 11) is 0. The van der Waals surface area contributed by atoms with Crippen LogP contribution in [0.5, 0.6) is 0 Å². The predicted molar refractivity (Wildman–Crippen MR) is 79.6 cm³/mol. The summed E-state index contributed by atoms with van der Waals surface area (Å²) in [5.41, 5.74) is 1.00. The molecule has 0 saturated carbocycles. The number of ketones is 1. The van der Waals surface area contributed by atoms with Gasteiger partial charge in [0.2, 0.25) is 5.69 Å². The van der Waals surface area contributed by atoms with E-state index in [0.29, 0.717) is 20.3 Å². The summed E-state index contributed by atoms with van der Waals surface area (Å²) in [6.07, 6.45) is 0. The fourth-order valence-electron chi connectivity index (χ4n) is 2.10. The second-order valence-electron chi connectivity index (χ2n) is 4.26. The first-order valence-corrected chi connectivity index (χ1v) is 6.76. The highest BCUT2D eigenvalue weighted by Crippen LogP contribution is 2.31. The molecule has 1 aliphatic rings. The van der Waals surface area contributed by atoms with Crippen LogP contribution in [0.25, 0.3) is 0 Å². The van der Waals surface area contributed by atoms with E-state index in [2.05, 4.69) is 0 Å². The SMILES string of the molecule is O=C1C(c2ccc(Cl)c(Cl)c2)=[N+]([O-])c2ccc(Cl)cc21. The molecule has 1 heterocycles. The van der Waals surface area contributed by atoms with E-state index in [1.165, 1.54) is 18.2 Å². The third kappa shape index (κ3) is 1.99. The van der Waals surface area contributed by atoms with Crippen LogP contribution in [-0.4, -0.2) is 16.2 Å². The zero-order chi connectivity index (χ0) is 14.4. The lowest BCUT2D eigenvalue weighted by Crippen LogP contribution is -2.16. The van der Waals surface area contributed by atoms with Crippen LogP contribution < -0.4 is 0 Å². The van der Waals surface area contributed by atoms with Gasteiger partial charge in [0.15, 0.2) is 0 Å². The first-order valence-electron chi connectivity index (χ1n) is 5.63. The smallest absolute Gasteiger partial charge is 0.273 e. The van der Waals surface area contributed by atoms with E-state index in [1.54, 1.807) is 18.2 Å². The highest BCUT2D eigenvalue weighted by molar-refractivity contribution is 6.53. The van der Waals surface area contributed by atoms with Crippen molar-refractivity contribution in [2.75, 3.05) is 0 Å². The van der Waals surface area contributed by atoms with Crippen LogP contribution in [0.15, 0.2) is 36.4 Å². The summed E-state index contributed by atoms with van der Waals surface area (Å²) in [6.45, 7) is 0. The van der Waals surface area contributed by atoms with Crippen molar-refractivity contribution < 1.29 is 9.53 Å². The highest BCUT2D eigenvalue weighted by atomic mass is 35.5. The Morgan fingerprint density at radius 3 is 2.40 bits per heavy atom. The van der Waals surface area contributed by atoms with Gasteiger partial charge in [0.1, 0.15) is 5.56 Å². The molecular weight excluding hydrogens is 321 g/mol. The van der Waals surface area contributed by atoms with Gasteiger partial charge < -0.3 is 5.21 Å². The van der Waals surface area contributed by atoms with Crippen molar-refractivity contribution in [2.24, 2.45) is 0 Å². The molecular formula is C14H6Cl3NO2. The van der Waals surface area contributed by atoms with Crippen LogP contribution in [-0.2, 0) is 0 Å². The maximum absolute atomic E-state index is 12.3. The molecule has 0 saturated heterocycles. The molecule has 0 unspecified atom stereocenters. The number of fused-ring (bicyclic) bond motifs is 1. The predicted octanol–water partition coefficient (Wildman–Crippen LogP) is 4.47. The Kier molecular flexibility index (Phi) is 3.21. The fraction of sp³-hybridized carbons (Fsp3) is 0. The average molecular weight is 327 g/mol. The zero-order valence-corrected chi connectivity index (χ0v) is 12.1. The Hall–Kier alpha value is -1.55. The maximum Gasteiger partial charge on any atom is 0.273 e. The molecule has 3 nitrogen and oxygen atoms in total. The van der Waals surface area contributed by atoms with Crippen molar-refractivity contribution in [2.45, 2.75) is 0 Å². The number of nitrogens with zero attached hydrogens (tertiary/aromatic N) is 1. The molecule has 0 aliphatic carbocycles. The van der Waals surface area contributed by atoms with Gasteiger partial charge in [0.05, 0.1) is 15.6 Å². The second kappa shape index (κ2) is 4.77. The molecule has 0 atom stereocenters. The van der Waals surface area contributed by atoms with E-state index < -0.39 is 0 Å². The van der Waals surface area contributed by atoms with Crippen molar-refractivity contribution in [3.05, 3.63) is 67.8 Å². The molecule has 0 aromatic heterocycles. The minimum Gasteiger partial charge on any atom is -0.618 e. The third-order valence-corrected chi connectivity index (χ3v) is 4.01. The van der Waals surface area contributed by atoms with E-state index in [9.17, 15) is 10.0 Å². The molecule has 2 aromatic rings. The molecule has 3 rings (SSSR count). The normalized spacial score (nSPS) is 13.8. The van der Waals surface area contributed by atoms with E-state index >= 15 is 0 Å². The molecule has 20 heavy (non-hydrogen) atoms. The third-order valence-electron chi connectivity index (χ3n) is 3.03. The van der Waals surface area contributed by atoms with Gasteiger partial charge in [-0.25, -0.2) is 0 Å². The molecule has 100 valence electrons. The van der Waals surface area contributed by atoms with Gasteiger partial charge in [-0.05, 0) is 30.3 Å². The standard InChI is InChI=1S/C14H6Cl3NO2/c15-8-2-4-12-9(6-8)14(19)13(18(12)20)7-1-3-10(16)11(17)5-7/h1-6H. The first kappa shape index (κ1) is 13.4. The highest BCUT2D eigenvalue weighted by Gasteiger charge is 2.36. The van der Waals surface area contributed by atoms with Crippen LogP contribution in [0.2, 0.25) is 15.1 Å². The number of Topliss-reactive ketones (excluding diaryl/α,β-unsaturated/α-hetero) is 1. The summed E-state index contributed by atoms with van der Waals surface area (Å²) >= 11 is 17.6. The van der Waals surface area contributed by atoms with Crippen molar-refractivity contribution in [3.8, 4) is 0 Å². The Morgan fingerprint density at radius 2 is 1.70 bits per heavy atom. The number of hydrogen-bond acceptors (Lipinski definition) is 2. The number of benzene rings is 2. The Labute approximate surface area is 129 Å². The number of hydrogen-bond donors (Lipinski definition) is 0. The van der Waals surface area contributed by atoms with E-state index in [-0.39, 0.29) is 27.8 Å². The molecule has 6 heteroatoms. The number of carbonyl (C=O) groups is 1. The zero-order valence-electron chi connectivity index (χ0n) is 9.86.